The minimum Gasteiger partial charge on any atom is -0.289 e. The molecule has 0 atom stereocenters. The van der Waals surface area contributed by atoms with Crippen LogP contribution in [0.2, 0.25) is 0 Å². The van der Waals surface area contributed by atoms with E-state index in [0.717, 1.165) is 229 Å². The van der Waals surface area contributed by atoms with Gasteiger partial charge in [-0.3, -0.25) is 14.4 Å². The predicted octanol–water partition coefficient (Wildman–Crippen LogP) is 33.9. The first-order valence-corrected chi connectivity index (χ1v) is 48.3. The molecule has 0 radical (unpaired) electrons. The maximum absolute atomic E-state index is 13.7. The van der Waals surface area contributed by atoms with E-state index in [1.54, 1.807) is 0 Å². The summed E-state index contributed by atoms with van der Waals surface area (Å²) in [5.41, 5.74) is 42.5. The van der Waals surface area contributed by atoms with Gasteiger partial charge in [-0.15, -0.1) is 0 Å². The van der Waals surface area contributed by atoms with Crippen LogP contribution >= 0.6 is 0 Å². The Hall–Kier alpha value is -17.6. The summed E-state index contributed by atoms with van der Waals surface area (Å²) in [7, 11) is 0. The molecule has 21 aromatic rings. The lowest BCUT2D eigenvalue weighted by Gasteiger charge is -2.34. The van der Waals surface area contributed by atoms with Crippen molar-refractivity contribution >= 4 is 17.3 Å². The summed E-state index contributed by atoms with van der Waals surface area (Å²) in [6.45, 7) is 13.2. The molecule has 6 nitrogen and oxygen atoms in total. The Bertz CT molecular complexity index is 8220. The molecule has 0 unspecified atom stereocenters. The molecule has 0 amide bonds. The van der Waals surface area contributed by atoms with Crippen molar-refractivity contribution in [1.82, 2.24) is 15.0 Å². The maximum Gasteiger partial charge on any atom is 0.193 e. The lowest BCUT2D eigenvalue weighted by Crippen LogP contribution is -2.30. The second-order valence-electron chi connectivity index (χ2n) is 38.3. The summed E-state index contributed by atoms with van der Waals surface area (Å²) in [5, 5.41) is 0. The molecule has 18 aromatic carbocycles. The Morgan fingerprint density at radius 3 is 0.652 bits per heavy atom. The molecule has 0 aliphatic heterocycles. The number of carbonyl (C=O) groups excluding carboxylic acids is 3. The zero-order valence-electron chi connectivity index (χ0n) is 79.3. The van der Waals surface area contributed by atoms with Gasteiger partial charge in [0.15, 0.2) is 17.3 Å². The van der Waals surface area contributed by atoms with E-state index in [9.17, 15) is 14.4 Å². The standard InChI is InChI=1S/3C45H33NO/c1-45(2)40-22-10-9-21-38(40)44(47)39-27-35(23-24-41(39)45)33-18-11-17-32(25-33)34-19-12-20-36(26-34)43-29-37(30-13-5-3-6-14-30)28-42(46-43)31-15-7-4-8-16-31;1-45(2)40-23-12-11-22-38(40)44(47)39-27-33(24-25-41(39)45)32-18-13-19-34(26-32)36-20-9-10-21-37(36)43-29-35(30-14-5-3-6-15-30)28-42(46-43)31-16-7-4-8-17-31;1-45(2)40-19-10-9-18-38(40)44(47)39-27-36(24-25-41(39)45)35-17-11-16-34(26-35)31-20-22-33(23-21-31)43-29-37(30-12-5-3-6-13-30)28-42(46-43)32-14-7-4-8-15-32/h3*3-29H,1-2H3. The molecule has 672 valence electrons. The molecule has 3 heterocycles. The van der Waals surface area contributed by atoms with Crippen LogP contribution in [0.15, 0.2) is 491 Å². The molecule has 24 rings (SSSR count). The lowest BCUT2D eigenvalue weighted by atomic mass is 9.68. The van der Waals surface area contributed by atoms with Crippen LogP contribution in [0.4, 0.5) is 0 Å². The first-order valence-electron chi connectivity index (χ1n) is 48.3. The lowest BCUT2D eigenvalue weighted by molar-refractivity contribution is 0.102. The Balaban J connectivity index is 0.000000121. The maximum atomic E-state index is 13.7. The van der Waals surface area contributed by atoms with E-state index < -0.39 is 0 Å². The number of hydrogen-bond donors (Lipinski definition) is 0. The number of ketones is 3. The summed E-state index contributed by atoms with van der Waals surface area (Å²) in [5.74, 6) is 0.293. The van der Waals surface area contributed by atoms with Gasteiger partial charge in [-0.2, -0.15) is 0 Å². The number of pyridine rings is 3. The van der Waals surface area contributed by atoms with Crippen molar-refractivity contribution in [3.8, 4) is 168 Å². The molecular formula is C135H99N3O3. The molecule has 0 bridgehead atoms. The van der Waals surface area contributed by atoms with Crippen molar-refractivity contribution in [2.24, 2.45) is 0 Å². The van der Waals surface area contributed by atoms with Crippen LogP contribution < -0.4 is 0 Å². The van der Waals surface area contributed by atoms with Crippen LogP contribution in [-0.4, -0.2) is 32.3 Å². The Morgan fingerprint density at radius 2 is 0.319 bits per heavy atom. The highest BCUT2D eigenvalue weighted by atomic mass is 16.1. The zero-order valence-corrected chi connectivity index (χ0v) is 79.3. The van der Waals surface area contributed by atoms with Crippen LogP contribution in [0.5, 0.6) is 0 Å². The van der Waals surface area contributed by atoms with E-state index in [0.29, 0.717) is 0 Å². The third kappa shape index (κ3) is 17.4. The van der Waals surface area contributed by atoms with Crippen molar-refractivity contribution < 1.29 is 14.4 Å². The fourth-order valence-corrected chi connectivity index (χ4v) is 20.9. The highest BCUT2D eigenvalue weighted by Crippen LogP contribution is 2.49. The second kappa shape index (κ2) is 37.5. The van der Waals surface area contributed by atoms with E-state index >= 15 is 0 Å². The first kappa shape index (κ1) is 88.7. The third-order valence-corrected chi connectivity index (χ3v) is 28.5. The summed E-state index contributed by atoms with van der Waals surface area (Å²) in [6, 6.07) is 170. The minimum absolute atomic E-state index is 0.0943. The molecule has 0 saturated carbocycles. The highest BCUT2D eigenvalue weighted by Gasteiger charge is 2.40. The summed E-state index contributed by atoms with van der Waals surface area (Å²) < 4.78 is 0. The monoisotopic (exact) mass is 1810 g/mol. The van der Waals surface area contributed by atoms with Gasteiger partial charge in [0.1, 0.15) is 0 Å². The average molecular weight is 1810 g/mol. The fraction of sp³-hybridized carbons (Fsp3) is 0.0667. The van der Waals surface area contributed by atoms with E-state index in [-0.39, 0.29) is 33.6 Å². The fourth-order valence-electron chi connectivity index (χ4n) is 20.9. The van der Waals surface area contributed by atoms with Gasteiger partial charge in [0, 0.05) is 83.0 Å². The molecule has 0 N–H and O–H groups in total. The number of nitrogens with zero attached hydrogens (tertiary/aromatic N) is 3. The molecule has 0 fully saturated rings. The summed E-state index contributed by atoms with van der Waals surface area (Å²) in [4.78, 5) is 56.5. The number of hydrogen-bond acceptors (Lipinski definition) is 6. The summed E-state index contributed by atoms with van der Waals surface area (Å²) >= 11 is 0. The molecule has 3 aromatic heterocycles. The van der Waals surface area contributed by atoms with Gasteiger partial charge in [-0.25, -0.2) is 15.0 Å². The zero-order chi connectivity index (χ0) is 95.9. The van der Waals surface area contributed by atoms with Crippen molar-refractivity contribution in [2.75, 3.05) is 0 Å². The van der Waals surface area contributed by atoms with Gasteiger partial charge in [0.2, 0.25) is 0 Å². The van der Waals surface area contributed by atoms with Gasteiger partial charge in [0.25, 0.3) is 0 Å². The first-order chi connectivity index (χ1) is 68.9. The quantitative estimate of drug-likeness (QED) is 0.102. The van der Waals surface area contributed by atoms with E-state index in [1.807, 2.05) is 91.0 Å². The van der Waals surface area contributed by atoms with Crippen molar-refractivity contribution in [3.05, 3.63) is 558 Å². The number of rotatable bonds is 15. The smallest absolute Gasteiger partial charge is 0.193 e. The number of carbonyl (C=O) groups is 3. The topological polar surface area (TPSA) is 89.9 Å². The molecular weight excluding hydrogens is 1710 g/mol. The SMILES string of the molecule is CC1(C)c2ccccc2C(=O)c2cc(-c3cccc(-c4ccc(-c5cc(-c6ccccc6)cc(-c6ccccc6)n5)cc4)c3)ccc21.CC1(C)c2ccccc2C(=O)c2cc(-c3cccc(-c4cccc(-c5cc(-c6ccccc6)cc(-c6ccccc6)n5)c4)c3)ccc21.CC1(C)c2ccccc2C(=O)c2cc(-c3cccc(-c4ccccc4-c4cc(-c5ccccc5)cc(-c5ccccc5)n4)c3)ccc21. The van der Waals surface area contributed by atoms with Crippen molar-refractivity contribution in [3.63, 3.8) is 0 Å². The van der Waals surface area contributed by atoms with Crippen LogP contribution in [0.3, 0.4) is 0 Å². The molecule has 0 saturated heterocycles. The second-order valence-corrected chi connectivity index (χ2v) is 38.3. The Morgan fingerprint density at radius 1 is 0.128 bits per heavy atom. The number of benzene rings is 18. The largest absolute Gasteiger partial charge is 0.289 e. The predicted molar refractivity (Wildman–Crippen MR) is 580 cm³/mol. The Labute approximate surface area is 824 Å². The summed E-state index contributed by atoms with van der Waals surface area (Å²) in [6.07, 6.45) is 0. The van der Waals surface area contributed by atoms with Crippen LogP contribution in [0, 0.1) is 0 Å². The average Bonchev–Trinajstić information content (AvgIpc) is 0.738. The van der Waals surface area contributed by atoms with Gasteiger partial charge < -0.3 is 0 Å². The van der Waals surface area contributed by atoms with Gasteiger partial charge in [0.05, 0.1) is 34.2 Å². The third-order valence-electron chi connectivity index (χ3n) is 28.5. The minimum atomic E-state index is -0.251. The molecule has 3 aliphatic carbocycles. The normalized spacial score (nSPS) is 13.1. The Kier molecular flexibility index (Phi) is 23.6. The van der Waals surface area contributed by atoms with Gasteiger partial charge in [-0.05, 0) is 212 Å². The highest BCUT2D eigenvalue weighted by molar-refractivity contribution is 6.16. The molecule has 0 spiro atoms. The van der Waals surface area contributed by atoms with Crippen molar-refractivity contribution in [2.45, 2.75) is 57.8 Å². The molecule has 6 heteroatoms. The van der Waals surface area contributed by atoms with Crippen LogP contribution in [0.1, 0.15) is 123 Å². The van der Waals surface area contributed by atoms with Gasteiger partial charge in [-0.1, -0.05) is 454 Å². The number of fused-ring (bicyclic) bond motifs is 6. The van der Waals surface area contributed by atoms with Crippen LogP contribution in [-0.2, 0) is 16.2 Å². The van der Waals surface area contributed by atoms with E-state index in [4.69, 9.17) is 15.0 Å². The van der Waals surface area contributed by atoms with Gasteiger partial charge >= 0.3 is 0 Å². The molecule has 141 heavy (non-hydrogen) atoms. The van der Waals surface area contributed by atoms with Crippen molar-refractivity contribution in [1.29, 1.82) is 0 Å². The van der Waals surface area contributed by atoms with E-state index in [2.05, 4.69) is 442 Å². The van der Waals surface area contributed by atoms with Crippen LogP contribution in [0.25, 0.3) is 168 Å². The molecule has 3 aliphatic rings. The van der Waals surface area contributed by atoms with E-state index in [1.165, 1.54) is 5.56 Å². The number of aromatic nitrogens is 3.